The first kappa shape index (κ1) is 16.9. The van der Waals surface area contributed by atoms with Gasteiger partial charge in [0.2, 0.25) is 5.91 Å². The van der Waals surface area contributed by atoms with Gasteiger partial charge in [0.15, 0.2) is 0 Å². The molecule has 1 aliphatic rings. The van der Waals surface area contributed by atoms with Crippen LogP contribution in [-0.4, -0.2) is 44.9 Å². The average molecular weight is 348 g/mol. The van der Waals surface area contributed by atoms with Crippen molar-refractivity contribution in [1.29, 1.82) is 0 Å². The van der Waals surface area contributed by atoms with Gasteiger partial charge in [-0.15, -0.1) is 5.10 Å². The fourth-order valence-corrected chi connectivity index (χ4v) is 3.53. The Balaban J connectivity index is 1.71. The molecule has 128 valence electrons. The molecule has 7 heteroatoms. The number of carbonyl (C=O) groups excluding carboxylic acids is 1. The number of amides is 1. The lowest BCUT2D eigenvalue weighted by Gasteiger charge is -2.29. The zero-order valence-corrected chi connectivity index (χ0v) is 14.6. The van der Waals surface area contributed by atoms with E-state index in [4.69, 9.17) is 17.3 Å². The van der Waals surface area contributed by atoms with Gasteiger partial charge in [0.05, 0.1) is 12.2 Å². The van der Waals surface area contributed by atoms with Gasteiger partial charge in [0.1, 0.15) is 0 Å². The van der Waals surface area contributed by atoms with E-state index in [2.05, 4.69) is 10.3 Å². The minimum absolute atomic E-state index is 0.0292. The molecule has 24 heavy (non-hydrogen) atoms. The molecule has 1 amide bonds. The number of halogens is 1. The van der Waals surface area contributed by atoms with Crippen LogP contribution < -0.4 is 5.73 Å². The largest absolute Gasteiger partial charge is 0.338 e. The number of hydrogen-bond acceptors (Lipinski definition) is 4. The first-order chi connectivity index (χ1) is 11.4. The van der Waals surface area contributed by atoms with Crippen molar-refractivity contribution in [3.05, 3.63) is 47.2 Å². The van der Waals surface area contributed by atoms with Gasteiger partial charge in [0, 0.05) is 35.8 Å². The molecule has 0 bridgehead atoms. The lowest BCUT2D eigenvalue weighted by molar-refractivity contribution is -0.139. The molecule has 1 aromatic carbocycles. The normalized spacial score (nSPS) is 21.2. The summed E-state index contributed by atoms with van der Waals surface area (Å²) >= 11 is 6.05. The van der Waals surface area contributed by atoms with Gasteiger partial charge in [-0.05, 0) is 24.1 Å². The summed E-state index contributed by atoms with van der Waals surface area (Å²) in [6, 6.07) is 7.47. The molecule has 1 saturated heterocycles. The maximum Gasteiger partial charge on any atom is 0.228 e. The maximum absolute atomic E-state index is 13.0. The second-order valence-electron chi connectivity index (χ2n) is 7.01. The van der Waals surface area contributed by atoms with Gasteiger partial charge >= 0.3 is 0 Å². The molecule has 1 aliphatic heterocycles. The third kappa shape index (κ3) is 3.44. The van der Waals surface area contributed by atoms with Crippen molar-refractivity contribution in [3.63, 3.8) is 0 Å². The SMILES string of the molecule is CC(C)(Cc1cccc(Cl)c1)C(=O)N1C[C@@H](N)[C@@H](n2ccnn2)C1. The van der Waals surface area contributed by atoms with E-state index in [9.17, 15) is 4.79 Å². The summed E-state index contributed by atoms with van der Waals surface area (Å²) in [5.41, 5.74) is 6.74. The highest BCUT2D eigenvalue weighted by atomic mass is 35.5. The summed E-state index contributed by atoms with van der Waals surface area (Å²) in [5.74, 6) is 0.0977. The molecule has 2 N–H and O–H groups in total. The Bertz CT molecular complexity index is 716. The molecule has 1 aromatic heterocycles. The number of hydrogen-bond donors (Lipinski definition) is 1. The Kier molecular flexibility index (Phi) is 4.60. The van der Waals surface area contributed by atoms with Crippen molar-refractivity contribution in [3.8, 4) is 0 Å². The Morgan fingerprint density at radius 3 is 2.88 bits per heavy atom. The van der Waals surface area contributed by atoms with Crippen LogP contribution in [0.3, 0.4) is 0 Å². The molecule has 2 aromatic rings. The van der Waals surface area contributed by atoms with Crippen molar-refractivity contribution in [2.45, 2.75) is 32.4 Å². The Morgan fingerprint density at radius 2 is 2.21 bits per heavy atom. The van der Waals surface area contributed by atoms with Crippen molar-refractivity contribution < 1.29 is 4.79 Å². The quantitative estimate of drug-likeness (QED) is 0.916. The zero-order chi connectivity index (χ0) is 17.3. The topological polar surface area (TPSA) is 77.0 Å². The second-order valence-corrected chi connectivity index (χ2v) is 7.45. The van der Waals surface area contributed by atoms with Crippen LogP contribution in [0, 0.1) is 5.41 Å². The minimum atomic E-state index is -0.526. The molecule has 0 unspecified atom stereocenters. The second kappa shape index (κ2) is 6.53. The van der Waals surface area contributed by atoms with E-state index in [-0.39, 0.29) is 18.0 Å². The highest BCUT2D eigenvalue weighted by molar-refractivity contribution is 6.30. The average Bonchev–Trinajstić information content (AvgIpc) is 3.15. The Morgan fingerprint density at radius 1 is 1.42 bits per heavy atom. The van der Waals surface area contributed by atoms with E-state index in [1.165, 1.54) is 0 Å². The molecule has 2 heterocycles. The molecular weight excluding hydrogens is 326 g/mol. The summed E-state index contributed by atoms with van der Waals surface area (Å²) in [4.78, 5) is 14.8. The van der Waals surface area contributed by atoms with E-state index in [1.807, 2.05) is 43.0 Å². The van der Waals surface area contributed by atoms with Crippen molar-refractivity contribution in [2.24, 2.45) is 11.1 Å². The summed E-state index contributed by atoms with van der Waals surface area (Å²) in [7, 11) is 0. The lowest BCUT2D eigenvalue weighted by Crippen LogP contribution is -2.41. The van der Waals surface area contributed by atoms with E-state index >= 15 is 0 Å². The number of carbonyl (C=O) groups is 1. The molecule has 0 radical (unpaired) electrons. The highest BCUT2D eigenvalue weighted by Gasteiger charge is 2.40. The highest BCUT2D eigenvalue weighted by Crippen LogP contribution is 2.29. The molecular formula is C17H22ClN5O. The zero-order valence-electron chi connectivity index (χ0n) is 13.9. The van der Waals surface area contributed by atoms with Crippen LogP contribution in [0.1, 0.15) is 25.5 Å². The van der Waals surface area contributed by atoms with E-state index in [1.54, 1.807) is 17.1 Å². The number of nitrogens with two attached hydrogens (primary N) is 1. The fraction of sp³-hybridized carbons (Fsp3) is 0.471. The van der Waals surface area contributed by atoms with Crippen molar-refractivity contribution in [2.75, 3.05) is 13.1 Å². The number of benzene rings is 1. The third-order valence-corrected chi connectivity index (χ3v) is 4.75. The molecule has 0 aliphatic carbocycles. The van der Waals surface area contributed by atoms with Gasteiger partial charge in [-0.1, -0.05) is 42.8 Å². The van der Waals surface area contributed by atoms with Crippen LogP contribution in [0.5, 0.6) is 0 Å². The minimum Gasteiger partial charge on any atom is -0.338 e. The molecule has 0 saturated carbocycles. The van der Waals surface area contributed by atoms with E-state index in [0.29, 0.717) is 24.5 Å². The predicted octanol–water partition coefficient (Wildman–Crippen LogP) is 1.91. The van der Waals surface area contributed by atoms with Gasteiger partial charge in [-0.2, -0.15) is 0 Å². The van der Waals surface area contributed by atoms with Crippen molar-refractivity contribution >= 4 is 17.5 Å². The fourth-order valence-electron chi connectivity index (χ4n) is 3.31. The van der Waals surface area contributed by atoms with Crippen LogP contribution in [0.2, 0.25) is 5.02 Å². The van der Waals surface area contributed by atoms with Crippen LogP contribution in [0.15, 0.2) is 36.7 Å². The number of rotatable bonds is 4. The molecule has 3 rings (SSSR count). The van der Waals surface area contributed by atoms with Crippen molar-refractivity contribution in [1.82, 2.24) is 19.9 Å². The molecule has 2 atom stereocenters. The smallest absolute Gasteiger partial charge is 0.228 e. The third-order valence-electron chi connectivity index (χ3n) is 4.51. The van der Waals surface area contributed by atoms with Gasteiger partial charge in [0.25, 0.3) is 0 Å². The van der Waals surface area contributed by atoms with E-state index in [0.717, 1.165) is 5.56 Å². The van der Waals surface area contributed by atoms with E-state index < -0.39 is 5.41 Å². The summed E-state index contributed by atoms with van der Waals surface area (Å²) < 4.78 is 1.74. The maximum atomic E-state index is 13.0. The Hall–Kier alpha value is -1.92. The van der Waals surface area contributed by atoms with Crippen LogP contribution in [0.4, 0.5) is 0 Å². The number of likely N-dealkylation sites (tertiary alicyclic amines) is 1. The first-order valence-corrected chi connectivity index (χ1v) is 8.40. The van der Waals surface area contributed by atoms with Gasteiger partial charge in [-0.25, -0.2) is 4.68 Å². The lowest BCUT2D eigenvalue weighted by atomic mass is 9.84. The summed E-state index contributed by atoms with van der Waals surface area (Å²) in [6.07, 6.45) is 4.04. The Labute approximate surface area is 146 Å². The summed E-state index contributed by atoms with van der Waals surface area (Å²) in [5, 5.41) is 8.53. The van der Waals surface area contributed by atoms with Gasteiger partial charge in [-0.3, -0.25) is 4.79 Å². The van der Waals surface area contributed by atoms with Crippen LogP contribution in [-0.2, 0) is 11.2 Å². The van der Waals surface area contributed by atoms with Crippen LogP contribution >= 0.6 is 11.6 Å². The summed E-state index contributed by atoms with van der Waals surface area (Å²) in [6.45, 7) is 5.01. The molecule has 6 nitrogen and oxygen atoms in total. The predicted molar refractivity (Wildman–Crippen MR) is 92.6 cm³/mol. The molecule has 0 spiro atoms. The standard InChI is InChI=1S/C17H22ClN5O/c1-17(2,9-12-4-3-5-13(18)8-12)16(24)22-10-14(19)15(11-22)23-7-6-20-21-23/h3-8,14-15H,9-11,19H2,1-2H3/t14-,15+/m1/s1. The van der Waals surface area contributed by atoms with Crippen LogP contribution in [0.25, 0.3) is 0 Å². The number of aromatic nitrogens is 3. The van der Waals surface area contributed by atoms with Gasteiger partial charge < -0.3 is 10.6 Å². The first-order valence-electron chi connectivity index (χ1n) is 8.02. The molecule has 1 fully saturated rings. The monoisotopic (exact) mass is 347 g/mol. The number of nitrogens with zero attached hydrogens (tertiary/aromatic N) is 4.